The van der Waals surface area contributed by atoms with E-state index in [1.54, 1.807) is 7.05 Å². The molecule has 0 unspecified atom stereocenters. The van der Waals surface area contributed by atoms with Crippen LogP contribution in [-0.2, 0) is 7.05 Å². The SMILES string of the molecule is Cn1c(N2CC[C@H](c3ccccc3)C2)nc(C=O)c(O)c1=O. The molecule has 1 fully saturated rings. The van der Waals surface area contributed by atoms with Gasteiger partial charge >= 0.3 is 0 Å². The van der Waals surface area contributed by atoms with E-state index in [-0.39, 0.29) is 5.69 Å². The van der Waals surface area contributed by atoms with Gasteiger partial charge in [0.1, 0.15) is 0 Å². The maximum atomic E-state index is 12.0. The molecule has 2 aromatic rings. The van der Waals surface area contributed by atoms with Gasteiger partial charge in [0, 0.05) is 26.1 Å². The Morgan fingerprint density at radius 2 is 2.05 bits per heavy atom. The molecule has 0 radical (unpaired) electrons. The number of anilines is 1. The molecule has 1 aromatic carbocycles. The van der Waals surface area contributed by atoms with E-state index in [1.165, 1.54) is 10.1 Å². The van der Waals surface area contributed by atoms with Crippen LogP contribution in [0, 0.1) is 0 Å². The van der Waals surface area contributed by atoms with Gasteiger partial charge in [-0.15, -0.1) is 0 Å². The number of hydrogen-bond donors (Lipinski definition) is 1. The summed E-state index contributed by atoms with van der Waals surface area (Å²) in [5.74, 6) is 0.190. The van der Waals surface area contributed by atoms with E-state index < -0.39 is 11.3 Å². The second-order valence-corrected chi connectivity index (χ2v) is 5.47. The predicted molar refractivity (Wildman–Crippen MR) is 82.5 cm³/mol. The molecular formula is C16H17N3O3. The van der Waals surface area contributed by atoms with Crippen LogP contribution in [0.15, 0.2) is 35.1 Å². The number of nitrogens with zero attached hydrogens (tertiary/aromatic N) is 3. The zero-order valence-corrected chi connectivity index (χ0v) is 12.3. The average Bonchev–Trinajstić information content (AvgIpc) is 3.04. The van der Waals surface area contributed by atoms with Crippen LogP contribution in [0.4, 0.5) is 5.95 Å². The summed E-state index contributed by atoms with van der Waals surface area (Å²) in [5, 5.41) is 9.63. The number of aldehydes is 1. The van der Waals surface area contributed by atoms with E-state index in [2.05, 4.69) is 17.1 Å². The highest BCUT2D eigenvalue weighted by Crippen LogP contribution is 2.29. The first-order chi connectivity index (χ1) is 10.6. The van der Waals surface area contributed by atoms with Crippen molar-refractivity contribution in [3.63, 3.8) is 0 Å². The summed E-state index contributed by atoms with van der Waals surface area (Å²) in [6.07, 6.45) is 1.36. The van der Waals surface area contributed by atoms with Crippen molar-refractivity contribution in [2.75, 3.05) is 18.0 Å². The van der Waals surface area contributed by atoms with Gasteiger partial charge in [-0.1, -0.05) is 30.3 Å². The zero-order valence-electron chi connectivity index (χ0n) is 12.3. The standard InChI is InChI=1S/C16H17N3O3/c1-18-15(22)14(21)13(10-20)17-16(18)19-8-7-12(9-19)11-5-3-2-4-6-11/h2-6,10,12,21H,7-9H2,1H3/t12-/m0/s1. The molecular weight excluding hydrogens is 282 g/mol. The second-order valence-electron chi connectivity index (χ2n) is 5.47. The normalized spacial score (nSPS) is 17.7. The Morgan fingerprint density at radius 3 is 2.73 bits per heavy atom. The summed E-state index contributed by atoms with van der Waals surface area (Å²) >= 11 is 0. The fourth-order valence-corrected chi connectivity index (χ4v) is 2.90. The molecule has 0 bridgehead atoms. The number of carbonyl (C=O) groups is 1. The number of aromatic hydroxyl groups is 1. The van der Waals surface area contributed by atoms with Crippen LogP contribution in [0.3, 0.4) is 0 Å². The van der Waals surface area contributed by atoms with E-state index in [4.69, 9.17) is 0 Å². The molecule has 0 aliphatic carbocycles. The summed E-state index contributed by atoms with van der Waals surface area (Å²) in [6.45, 7) is 1.48. The highest BCUT2D eigenvalue weighted by Gasteiger charge is 2.27. The van der Waals surface area contributed by atoms with Crippen LogP contribution in [0.25, 0.3) is 0 Å². The van der Waals surface area contributed by atoms with Gasteiger partial charge in [-0.3, -0.25) is 14.2 Å². The number of aromatic nitrogens is 2. The van der Waals surface area contributed by atoms with Crippen molar-refractivity contribution in [1.29, 1.82) is 0 Å². The molecule has 6 heteroatoms. The summed E-state index contributed by atoms with van der Waals surface area (Å²) < 4.78 is 1.29. The van der Waals surface area contributed by atoms with Gasteiger partial charge in [0.2, 0.25) is 11.7 Å². The van der Waals surface area contributed by atoms with Crippen molar-refractivity contribution in [2.24, 2.45) is 7.05 Å². The first kappa shape index (κ1) is 14.3. The Balaban J connectivity index is 1.92. The summed E-state index contributed by atoms with van der Waals surface area (Å²) in [5.41, 5.74) is 0.445. The lowest BCUT2D eigenvalue weighted by atomic mass is 9.99. The molecule has 1 saturated heterocycles. The molecule has 1 atom stereocenters. The van der Waals surface area contributed by atoms with Crippen molar-refractivity contribution in [2.45, 2.75) is 12.3 Å². The Kier molecular flexibility index (Phi) is 3.66. The first-order valence-electron chi connectivity index (χ1n) is 7.17. The fraction of sp³-hybridized carbons (Fsp3) is 0.312. The van der Waals surface area contributed by atoms with Crippen LogP contribution >= 0.6 is 0 Å². The molecule has 1 aromatic heterocycles. The van der Waals surface area contributed by atoms with Crippen LogP contribution in [-0.4, -0.2) is 34.0 Å². The Bertz CT molecular complexity index is 755. The lowest BCUT2D eigenvalue weighted by molar-refractivity contribution is 0.111. The Hall–Kier alpha value is -2.63. The molecule has 6 nitrogen and oxygen atoms in total. The largest absolute Gasteiger partial charge is 0.501 e. The maximum absolute atomic E-state index is 12.0. The monoisotopic (exact) mass is 299 g/mol. The summed E-state index contributed by atoms with van der Waals surface area (Å²) in [6, 6.07) is 10.2. The van der Waals surface area contributed by atoms with Crippen LogP contribution in [0.2, 0.25) is 0 Å². The van der Waals surface area contributed by atoms with Crippen LogP contribution in [0.1, 0.15) is 28.4 Å². The van der Waals surface area contributed by atoms with Crippen molar-refractivity contribution in [1.82, 2.24) is 9.55 Å². The van der Waals surface area contributed by atoms with Crippen molar-refractivity contribution in [3.05, 3.63) is 51.9 Å². The third-order valence-corrected chi connectivity index (χ3v) is 4.12. The lowest BCUT2D eigenvalue weighted by Crippen LogP contribution is -2.30. The van der Waals surface area contributed by atoms with Crippen LogP contribution in [0.5, 0.6) is 5.75 Å². The molecule has 3 rings (SSSR count). The summed E-state index contributed by atoms with van der Waals surface area (Å²) in [7, 11) is 1.55. The van der Waals surface area contributed by atoms with E-state index in [0.717, 1.165) is 19.5 Å². The quantitative estimate of drug-likeness (QED) is 0.864. The molecule has 1 N–H and O–H groups in total. The van der Waals surface area contributed by atoms with Gasteiger partial charge < -0.3 is 10.0 Å². The predicted octanol–water partition coefficient (Wildman–Crippen LogP) is 1.29. The molecule has 0 saturated carbocycles. The summed E-state index contributed by atoms with van der Waals surface area (Å²) in [4.78, 5) is 29.0. The number of rotatable bonds is 3. The first-order valence-corrected chi connectivity index (χ1v) is 7.17. The number of benzene rings is 1. The van der Waals surface area contributed by atoms with Crippen molar-refractivity contribution in [3.8, 4) is 5.75 Å². The van der Waals surface area contributed by atoms with E-state index in [1.807, 2.05) is 23.1 Å². The van der Waals surface area contributed by atoms with Gasteiger partial charge in [0.15, 0.2) is 12.0 Å². The van der Waals surface area contributed by atoms with Gasteiger partial charge in [-0.05, 0) is 12.0 Å². The third-order valence-electron chi connectivity index (χ3n) is 4.12. The van der Waals surface area contributed by atoms with Gasteiger partial charge in [-0.2, -0.15) is 0 Å². The molecule has 0 spiro atoms. The van der Waals surface area contributed by atoms with E-state index in [9.17, 15) is 14.7 Å². The zero-order chi connectivity index (χ0) is 15.7. The van der Waals surface area contributed by atoms with Crippen molar-refractivity contribution >= 4 is 12.2 Å². The lowest BCUT2D eigenvalue weighted by Gasteiger charge is -2.20. The minimum absolute atomic E-state index is 0.207. The number of hydrogen-bond acceptors (Lipinski definition) is 5. The molecule has 0 amide bonds. The van der Waals surface area contributed by atoms with E-state index in [0.29, 0.717) is 18.2 Å². The van der Waals surface area contributed by atoms with Crippen molar-refractivity contribution < 1.29 is 9.90 Å². The minimum atomic E-state index is -0.602. The number of carbonyl (C=O) groups excluding carboxylic acids is 1. The van der Waals surface area contributed by atoms with Gasteiger partial charge in [0.25, 0.3) is 5.56 Å². The second kappa shape index (κ2) is 5.63. The van der Waals surface area contributed by atoms with Gasteiger partial charge in [0.05, 0.1) is 0 Å². The molecule has 1 aliphatic heterocycles. The Morgan fingerprint density at radius 1 is 1.32 bits per heavy atom. The highest BCUT2D eigenvalue weighted by molar-refractivity contribution is 5.76. The molecule has 114 valence electrons. The average molecular weight is 299 g/mol. The maximum Gasteiger partial charge on any atom is 0.297 e. The molecule has 1 aliphatic rings. The Labute approximate surface area is 127 Å². The molecule has 22 heavy (non-hydrogen) atoms. The van der Waals surface area contributed by atoms with E-state index >= 15 is 0 Å². The fourth-order valence-electron chi connectivity index (χ4n) is 2.90. The van der Waals surface area contributed by atoms with Gasteiger partial charge in [-0.25, -0.2) is 4.98 Å². The smallest absolute Gasteiger partial charge is 0.297 e. The topological polar surface area (TPSA) is 75.4 Å². The highest BCUT2D eigenvalue weighted by atomic mass is 16.3. The minimum Gasteiger partial charge on any atom is -0.501 e. The molecule has 2 heterocycles. The third kappa shape index (κ3) is 2.36. The van der Waals surface area contributed by atoms with Crippen LogP contribution < -0.4 is 10.5 Å².